The number of carbonyl (C=O) groups is 1. The van der Waals surface area contributed by atoms with Gasteiger partial charge in [-0.2, -0.15) is 5.10 Å². The van der Waals surface area contributed by atoms with Crippen LogP contribution < -0.4 is 5.32 Å². The van der Waals surface area contributed by atoms with E-state index in [1.165, 1.54) is 6.07 Å². The molecule has 2 aliphatic heterocycles. The van der Waals surface area contributed by atoms with Crippen LogP contribution in [0, 0.1) is 17.7 Å². The Hall–Kier alpha value is -1.92. The van der Waals surface area contributed by atoms with Crippen molar-refractivity contribution in [2.24, 2.45) is 18.9 Å². The minimum Gasteiger partial charge on any atom is -0.335 e. The molecule has 1 N–H and O–H groups in total. The summed E-state index contributed by atoms with van der Waals surface area (Å²) in [7, 11) is 1.89. The topological polar surface area (TPSA) is 50.2 Å². The zero-order valence-electron chi connectivity index (χ0n) is 15.6. The second kappa shape index (κ2) is 7.98. The smallest absolute Gasteiger partial charge is 0.228 e. The summed E-state index contributed by atoms with van der Waals surface area (Å²) in [5, 5.41) is 7.61. The van der Waals surface area contributed by atoms with Gasteiger partial charge in [0.2, 0.25) is 5.91 Å². The van der Waals surface area contributed by atoms with E-state index in [4.69, 9.17) is 0 Å². The zero-order valence-corrected chi connectivity index (χ0v) is 16.5. The first-order valence-electron chi connectivity index (χ1n) is 9.28. The fourth-order valence-corrected chi connectivity index (χ4v) is 4.46. The molecule has 0 bridgehead atoms. The maximum Gasteiger partial charge on any atom is 0.228 e. The van der Waals surface area contributed by atoms with Gasteiger partial charge in [0.25, 0.3) is 0 Å². The van der Waals surface area contributed by atoms with Crippen LogP contribution in [-0.4, -0.2) is 40.2 Å². The summed E-state index contributed by atoms with van der Waals surface area (Å²) < 4.78 is 16.1. The maximum absolute atomic E-state index is 14.4. The van der Waals surface area contributed by atoms with E-state index in [-0.39, 0.29) is 42.0 Å². The molecule has 0 saturated carbocycles. The number of aromatic nitrogens is 2. The predicted molar refractivity (Wildman–Crippen MR) is 104 cm³/mol. The standard InChI is InChI=1S/C20H25FN4O.ClH/c1-13-7-19(15-5-3-4-6-18(15)21)25(11-13)20(26)17-10-22-9-16(17)14-8-23-24(2)12-14;/h3-6,8,12-13,16-17,19,22H,7,9-11H2,1-2H3;1H/t13?,16-,17+,19?;/m1./s1. The Bertz CT molecular complexity index is 811. The summed E-state index contributed by atoms with van der Waals surface area (Å²) in [6, 6.07) is 6.66. The Labute approximate surface area is 165 Å². The molecular weight excluding hydrogens is 367 g/mol. The molecule has 4 atom stereocenters. The Kier molecular flexibility index (Phi) is 5.86. The van der Waals surface area contributed by atoms with Gasteiger partial charge in [-0.3, -0.25) is 9.48 Å². The molecule has 3 heterocycles. The maximum atomic E-state index is 14.4. The number of benzene rings is 1. The molecule has 2 unspecified atom stereocenters. The molecule has 0 spiro atoms. The minimum atomic E-state index is -0.224. The Morgan fingerprint density at radius 2 is 2.07 bits per heavy atom. The van der Waals surface area contributed by atoms with Crippen molar-refractivity contribution in [3.05, 3.63) is 53.6 Å². The van der Waals surface area contributed by atoms with Crippen molar-refractivity contribution in [1.29, 1.82) is 0 Å². The molecule has 2 aliphatic rings. The van der Waals surface area contributed by atoms with Crippen LogP contribution in [-0.2, 0) is 11.8 Å². The van der Waals surface area contributed by atoms with Crippen LogP contribution in [0.25, 0.3) is 0 Å². The van der Waals surface area contributed by atoms with Gasteiger partial charge in [0.15, 0.2) is 0 Å². The van der Waals surface area contributed by atoms with Crippen LogP contribution in [0.3, 0.4) is 0 Å². The molecule has 4 rings (SSSR count). The highest BCUT2D eigenvalue weighted by Gasteiger charge is 2.42. The summed E-state index contributed by atoms with van der Waals surface area (Å²) in [4.78, 5) is 15.3. The molecule has 2 aromatic rings. The highest BCUT2D eigenvalue weighted by atomic mass is 35.5. The number of aryl methyl sites for hydroxylation is 1. The first kappa shape index (κ1) is 19.8. The molecule has 1 aromatic carbocycles. The molecule has 0 aliphatic carbocycles. The van der Waals surface area contributed by atoms with Crippen molar-refractivity contribution in [3.63, 3.8) is 0 Å². The second-order valence-electron chi connectivity index (χ2n) is 7.69. The van der Waals surface area contributed by atoms with Gasteiger partial charge in [-0.05, 0) is 24.0 Å². The van der Waals surface area contributed by atoms with Crippen molar-refractivity contribution in [2.75, 3.05) is 19.6 Å². The normalized spacial score (nSPS) is 27.6. The lowest BCUT2D eigenvalue weighted by molar-refractivity contribution is -0.136. The Morgan fingerprint density at radius 3 is 2.78 bits per heavy atom. The predicted octanol–water partition coefficient (Wildman–Crippen LogP) is 2.89. The molecule has 2 saturated heterocycles. The number of amides is 1. The van der Waals surface area contributed by atoms with Gasteiger partial charge in [0.1, 0.15) is 5.82 Å². The van der Waals surface area contributed by atoms with Gasteiger partial charge in [-0.15, -0.1) is 12.4 Å². The lowest BCUT2D eigenvalue weighted by Gasteiger charge is -2.29. The van der Waals surface area contributed by atoms with Crippen LogP contribution in [0.4, 0.5) is 4.39 Å². The van der Waals surface area contributed by atoms with Crippen LogP contribution >= 0.6 is 12.4 Å². The van der Waals surface area contributed by atoms with E-state index in [1.54, 1.807) is 10.7 Å². The second-order valence-corrected chi connectivity index (χ2v) is 7.69. The van der Waals surface area contributed by atoms with E-state index < -0.39 is 0 Å². The zero-order chi connectivity index (χ0) is 18.3. The fraction of sp³-hybridized carbons (Fsp3) is 0.500. The van der Waals surface area contributed by atoms with E-state index >= 15 is 0 Å². The number of nitrogens with one attached hydrogen (secondary N) is 1. The number of hydrogen-bond acceptors (Lipinski definition) is 3. The Balaban J connectivity index is 0.00000210. The number of halogens is 2. The van der Waals surface area contributed by atoms with Crippen molar-refractivity contribution >= 4 is 18.3 Å². The number of carbonyl (C=O) groups excluding carboxylic acids is 1. The van der Waals surface area contributed by atoms with E-state index in [0.717, 1.165) is 18.5 Å². The molecule has 0 radical (unpaired) electrons. The third kappa shape index (κ3) is 3.73. The summed E-state index contributed by atoms with van der Waals surface area (Å²) in [5.74, 6) is 0.265. The number of hydrogen-bond donors (Lipinski definition) is 1. The highest BCUT2D eigenvalue weighted by Crippen LogP contribution is 2.39. The first-order chi connectivity index (χ1) is 12.5. The summed E-state index contributed by atoms with van der Waals surface area (Å²) in [6.45, 7) is 4.25. The van der Waals surface area contributed by atoms with E-state index in [9.17, 15) is 9.18 Å². The average Bonchev–Trinajstić information content (AvgIpc) is 3.33. The minimum absolute atomic E-state index is 0. The summed E-state index contributed by atoms with van der Waals surface area (Å²) in [5.41, 5.74) is 1.72. The quantitative estimate of drug-likeness (QED) is 0.873. The van der Waals surface area contributed by atoms with Gasteiger partial charge in [0.05, 0.1) is 18.2 Å². The van der Waals surface area contributed by atoms with E-state index in [1.807, 2.05) is 36.5 Å². The van der Waals surface area contributed by atoms with Gasteiger partial charge in [0, 0.05) is 44.4 Å². The largest absolute Gasteiger partial charge is 0.335 e. The van der Waals surface area contributed by atoms with E-state index in [0.29, 0.717) is 24.6 Å². The van der Waals surface area contributed by atoms with Crippen LogP contribution in [0.5, 0.6) is 0 Å². The summed E-state index contributed by atoms with van der Waals surface area (Å²) in [6.07, 6.45) is 4.64. The van der Waals surface area contributed by atoms with E-state index in [2.05, 4.69) is 17.3 Å². The summed E-state index contributed by atoms with van der Waals surface area (Å²) >= 11 is 0. The fourth-order valence-electron chi connectivity index (χ4n) is 4.46. The number of nitrogens with zero attached hydrogens (tertiary/aromatic N) is 3. The highest BCUT2D eigenvalue weighted by molar-refractivity contribution is 5.85. The average molecular weight is 393 g/mol. The molecule has 27 heavy (non-hydrogen) atoms. The SMILES string of the molecule is CC1CC(c2ccccc2F)N(C(=O)[C@H]2CNC[C@@H]2c2cnn(C)c2)C1.Cl. The van der Waals surface area contributed by atoms with Gasteiger partial charge in [-0.1, -0.05) is 25.1 Å². The molecule has 1 amide bonds. The van der Waals surface area contributed by atoms with Gasteiger partial charge >= 0.3 is 0 Å². The van der Waals surface area contributed by atoms with Crippen LogP contribution in [0.2, 0.25) is 0 Å². The van der Waals surface area contributed by atoms with Crippen LogP contribution in [0.15, 0.2) is 36.7 Å². The molecular formula is C20H26ClFN4O. The first-order valence-corrected chi connectivity index (χ1v) is 9.28. The Morgan fingerprint density at radius 1 is 1.30 bits per heavy atom. The lowest BCUT2D eigenvalue weighted by Crippen LogP contribution is -2.39. The van der Waals surface area contributed by atoms with Crippen molar-refractivity contribution in [2.45, 2.75) is 25.3 Å². The molecule has 5 nitrogen and oxygen atoms in total. The van der Waals surface area contributed by atoms with Crippen molar-refractivity contribution in [1.82, 2.24) is 20.0 Å². The molecule has 7 heteroatoms. The lowest BCUT2D eigenvalue weighted by atomic mass is 9.89. The molecule has 1 aromatic heterocycles. The molecule has 146 valence electrons. The number of likely N-dealkylation sites (tertiary alicyclic amines) is 1. The third-order valence-corrected chi connectivity index (χ3v) is 5.74. The monoisotopic (exact) mass is 392 g/mol. The molecule has 2 fully saturated rings. The van der Waals surface area contributed by atoms with Gasteiger partial charge in [-0.25, -0.2) is 4.39 Å². The van der Waals surface area contributed by atoms with Crippen molar-refractivity contribution < 1.29 is 9.18 Å². The van der Waals surface area contributed by atoms with Gasteiger partial charge < -0.3 is 10.2 Å². The number of rotatable bonds is 3. The van der Waals surface area contributed by atoms with Crippen molar-refractivity contribution in [3.8, 4) is 0 Å². The third-order valence-electron chi connectivity index (χ3n) is 5.74. The van der Waals surface area contributed by atoms with Crippen LogP contribution in [0.1, 0.15) is 36.4 Å².